The van der Waals surface area contributed by atoms with E-state index in [2.05, 4.69) is 0 Å². The van der Waals surface area contributed by atoms with Gasteiger partial charge in [-0.05, 0) is 6.92 Å². The van der Waals surface area contributed by atoms with Crippen LogP contribution >= 0.6 is 11.6 Å². The van der Waals surface area contributed by atoms with E-state index in [9.17, 15) is 8.42 Å². The van der Waals surface area contributed by atoms with Gasteiger partial charge in [0, 0.05) is 0 Å². The molecule has 0 bridgehead atoms. The Hall–Kier alpha value is 0.160. The Bertz CT molecular complexity index is 195. The molecule has 0 fully saturated rings. The van der Waals surface area contributed by atoms with E-state index in [1.807, 2.05) is 0 Å². The Kier molecular flexibility index (Phi) is 3.09. The summed E-state index contributed by atoms with van der Waals surface area (Å²) < 4.78 is 28.5. The maximum absolute atomic E-state index is 10.1. The van der Waals surface area contributed by atoms with Gasteiger partial charge < -0.3 is 5.11 Å². The lowest BCUT2D eigenvalue weighted by atomic mass is 10.2. The minimum absolute atomic E-state index is 0.229. The maximum atomic E-state index is 10.1. The van der Waals surface area contributed by atoms with Crippen molar-refractivity contribution in [3.8, 4) is 0 Å². The molecule has 0 aliphatic carbocycles. The monoisotopic (exact) mass is 188 g/mol. The molecular formula is C4H9ClO4S. The third kappa shape index (κ3) is 4.99. The third-order valence-electron chi connectivity index (χ3n) is 0.781. The first-order chi connectivity index (χ1) is 4.27. The average Bonchev–Trinajstić information content (AvgIpc) is 1.60. The van der Waals surface area contributed by atoms with Crippen molar-refractivity contribution in [3.05, 3.63) is 0 Å². The van der Waals surface area contributed by atoms with E-state index >= 15 is 0 Å². The van der Waals surface area contributed by atoms with Gasteiger partial charge in [0.1, 0.15) is 5.75 Å². The number of hydrogen-bond acceptors (Lipinski definition) is 3. The molecule has 0 aliphatic rings. The first kappa shape index (κ1) is 10.2. The molecule has 0 aromatic carbocycles. The quantitative estimate of drug-likeness (QED) is 0.478. The summed E-state index contributed by atoms with van der Waals surface area (Å²) in [6.07, 6.45) is 0. The normalized spacial score (nSPS) is 18.4. The summed E-state index contributed by atoms with van der Waals surface area (Å²) in [5.74, 6) is -0.962. The van der Waals surface area contributed by atoms with Crippen LogP contribution in [0.25, 0.3) is 0 Å². The highest BCUT2D eigenvalue weighted by Gasteiger charge is 2.25. The van der Waals surface area contributed by atoms with Crippen molar-refractivity contribution in [2.45, 2.75) is 12.5 Å². The highest BCUT2D eigenvalue weighted by molar-refractivity contribution is 7.85. The average molecular weight is 189 g/mol. The molecule has 0 spiro atoms. The second-order valence-corrected chi connectivity index (χ2v) is 4.08. The van der Waals surface area contributed by atoms with Crippen LogP contribution in [-0.2, 0) is 10.1 Å². The number of rotatable bonds is 3. The van der Waals surface area contributed by atoms with Crippen LogP contribution in [0.15, 0.2) is 0 Å². The number of aliphatic hydroxyl groups is 1. The molecule has 0 amide bonds. The van der Waals surface area contributed by atoms with Crippen molar-refractivity contribution in [1.29, 1.82) is 0 Å². The summed E-state index contributed by atoms with van der Waals surface area (Å²) in [4.78, 5) is 0. The molecule has 62 valence electrons. The van der Waals surface area contributed by atoms with Gasteiger partial charge in [-0.3, -0.25) is 4.55 Å². The minimum Gasteiger partial charge on any atom is -0.388 e. The second-order valence-electron chi connectivity index (χ2n) is 2.36. The van der Waals surface area contributed by atoms with Crippen LogP contribution in [0.2, 0.25) is 0 Å². The van der Waals surface area contributed by atoms with Crippen molar-refractivity contribution in [2.24, 2.45) is 0 Å². The molecule has 0 rings (SSSR count). The number of alkyl halides is 1. The van der Waals surface area contributed by atoms with Gasteiger partial charge in [-0.2, -0.15) is 8.42 Å². The first-order valence-corrected chi connectivity index (χ1v) is 4.65. The van der Waals surface area contributed by atoms with Gasteiger partial charge in [-0.1, -0.05) is 0 Å². The highest BCUT2D eigenvalue weighted by atomic mass is 35.5. The van der Waals surface area contributed by atoms with Crippen LogP contribution < -0.4 is 0 Å². The lowest BCUT2D eigenvalue weighted by molar-refractivity contribution is 0.107. The van der Waals surface area contributed by atoms with Crippen LogP contribution in [0, 0.1) is 0 Å². The molecule has 0 aromatic rings. The van der Waals surface area contributed by atoms with Crippen molar-refractivity contribution in [3.63, 3.8) is 0 Å². The highest BCUT2D eigenvalue weighted by Crippen LogP contribution is 2.07. The molecule has 2 N–H and O–H groups in total. The fraction of sp³-hybridized carbons (Fsp3) is 1.00. The Labute approximate surface area is 64.6 Å². The van der Waals surface area contributed by atoms with Crippen molar-refractivity contribution in [2.75, 3.05) is 11.6 Å². The van der Waals surface area contributed by atoms with Crippen LogP contribution in [0.5, 0.6) is 0 Å². The zero-order valence-electron chi connectivity index (χ0n) is 5.41. The van der Waals surface area contributed by atoms with Gasteiger partial charge in [0.25, 0.3) is 10.1 Å². The molecule has 10 heavy (non-hydrogen) atoms. The summed E-state index contributed by atoms with van der Waals surface area (Å²) in [7, 11) is -4.13. The Morgan fingerprint density at radius 3 is 2.10 bits per heavy atom. The molecule has 1 atom stereocenters. The van der Waals surface area contributed by atoms with Gasteiger partial charge in [0.2, 0.25) is 0 Å². The van der Waals surface area contributed by atoms with E-state index in [0.717, 1.165) is 0 Å². The lowest BCUT2D eigenvalue weighted by Gasteiger charge is -2.16. The van der Waals surface area contributed by atoms with Crippen molar-refractivity contribution < 1.29 is 18.1 Å². The molecule has 6 heteroatoms. The molecule has 0 saturated carbocycles. The second kappa shape index (κ2) is 3.04. The summed E-state index contributed by atoms with van der Waals surface area (Å²) in [5.41, 5.74) is -1.55. The molecular weight excluding hydrogens is 180 g/mol. The number of halogens is 1. The van der Waals surface area contributed by atoms with Gasteiger partial charge >= 0.3 is 0 Å². The van der Waals surface area contributed by atoms with E-state index in [0.29, 0.717) is 0 Å². The van der Waals surface area contributed by atoms with Gasteiger partial charge in [0.05, 0.1) is 11.5 Å². The zero-order valence-corrected chi connectivity index (χ0v) is 6.98. The maximum Gasteiger partial charge on any atom is 0.267 e. The Balaban J connectivity index is 4.16. The Morgan fingerprint density at radius 2 is 2.00 bits per heavy atom. The summed E-state index contributed by atoms with van der Waals surface area (Å²) in [6.45, 7) is 1.23. The largest absolute Gasteiger partial charge is 0.388 e. The van der Waals surface area contributed by atoms with Crippen LogP contribution in [0.3, 0.4) is 0 Å². The predicted octanol–water partition coefficient (Wildman–Crippen LogP) is -0.136. The van der Waals surface area contributed by atoms with E-state index in [4.69, 9.17) is 21.3 Å². The van der Waals surface area contributed by atoms with Crippen LogP contribution in [0.4, 0.5) is 0 Å². The topological polar surface area (TPSA) is 74.6 Å². The zero-order chi connectivity index (χ0) is 8.41. The molecule has 0 saturated heterocycles. The summed E-state index contributed by atoms with van der Waals surface area (Å²) in [6, 6.07) is 0. The molecule has 0 heterocycles. The SMILES string of the molecule is CC(O)(CCl)CS(=O)(=O)O. The Morgan fingerprint density at radius 1 is 1.60 bits per heavy atom. The molecule has 0 aliphatic heterocycles. The molecule has 0 radical (unpaired) electrons. The fourth-order valence-corrected chi connectivity index (χ4v) is 1.53. The fourth-order valence-electron chi connectivity index (χ4n) is 0.432. The molecule has 4 nitrogen and oxygen atoms in total. The first-order valence-electron chi connectivity index (χ1n) is 2.50. The predicted molar refractivity (Wildman–Crippen MR) is 37.8 cm³/mol. The van der Waals surface area contributed by atoms with E-state index in [-0.39, 0.29) is 5.88 Å². The molecule has 1 unspecified atom stereocenters. The summed E-state index contributed by atoms with van der Waals surface area (Å²) in [5, 5.41) is 8.99. The standard InChI is InChI=1S/C4H9ClO4S/c1-4(6,2-5)3-10(7,8)9/h6H,2-3H2,1H3,(H,7,8,9). The third-order valence-corrected chi connectivity index (χ3v) is 2.34. The number of hydrogen-bond donors (Lipinski definition) is 2. The van der Waals surface area contributed by atoms with E-state index in [1.54, 1.807) is 0 Å². The van der Waals surface area contributed by atoms with E-state index < -0.39 is 21.5 Å². The smallest absolute Gasteiger partial charge is 0.267 e. The van der Waals surface area contributed by atoms with Crippen LogP contribution in [-0.4, -0.2) is 35.3 Å². The van der Waals surface area contributed by atoms with Crippen molar-refractivity contribution in [1.82, 2.24) is 0 Å². The van der Waals surface area contributed by atoms with Crippen LogP contribution in [0.1, 0.15) is 6.92 Å². The van der Waals surface area contributed by atoms with E-state index in [1.165, 1.54) is 6.92 Å². The van der Waals surface area contributed by atoms with Crippen molar-refractivity contribution >= 4 is 21.7 Å². The molecule has 0 aromatic heterocycles. The van der Waals surface area contributed by atoms with Gasteiger partial charge in [0.15, 0.2) is 0 Å². The van der Waals surface area contributed by atoms with Gasteiger partial charge in [-0.15, -0.1) is 11.6 Å². The lowest BCUT2D eigenvalue weighted by Crippen LogP contribution is -2.35. The summed E-state index contributed by atoms with van der Waals surface area (Å²) >= 11 is 5.17. The van der Waals surface area contributed by atoms with Gasteiger partial charge in [-0.25, -0.2) is 0 Å². The minimum atomic E-state index is -4.13.